The van der Waals surface area contributed by atoms with Crippen LogP contribution < -0.4 is 0 Å². The van der Waals surface area contributed by atoms with E-state index in [1.54, 1.807) is 0 Å². The standard InChI is InChI=1S/C83H162O17P2/c1-9-76(8)62-54-46-37-31-27-28-34-40-50-58-66-83(88)100-79(70-94-81(86)64-56-48-42-41-45-53-61-75(6)7)72-98-102(91,92)96-68-77(84)67-95-101(89,90)97-71-78(69-93-80(85)63-55-47-38-32-25-21-18-14-16-20-24-30-36-44-52-60-74(4)5)99-82(87)65-57-49-39-33-26-22-17-13-11-10-12-15-19-23-29-35-43-51-59-73(2)3/h73-79,84H,9-72H2,1-8H3,(H,89,90)(H,91,92)/t76?,77-,78-,79-/m1/s1. The molecule has 102 heavy (non-hydrogen) atoms. The average molecular weight is 1490 g/mol. The summed E-state index contributed by atoms with van der Waals surface area (Å²) < 4.78 is 68.7. The minimum atomic E-state index is -4.96. The van der Waals surface area contributed by atoms with E-state index in [0.717, 1.165) is 114 Å². The van der Waals surface area contributed by atoms with E-state index in [0.29, 0.717) is 31.6 Å². The monoisotopic (exact) mass is 1490 g/mol. The number of phosphoric ester groups is 2. The van der Waals surface area contributed by atoms with Crippen LogP contribution in [0.15, 0.2) is 0 Å². The van der Waals surface area contributed by atoms with Gasteiger partial charge >= 0.3 is 39.5 Å². The summed E-state index contributed by atoms with van der Waals surface area (Å²) in [6.07, 6.45) is 59.9. The predicted octanol–water partition coefficient (Wildman–Crippen LogP) is 24.8. The Hall–Kier alpha value is -1.94. The molecule has 3 N–H and O–H groups in total. The molecular weight excluding hydrogens is 1330 g/mol. The van der Waals surface area contributed by atoms with Crippen LogP contribution in [0.3, 0.4) is 0 Å². The summed E-state index contributed by atoms with van der Waals surface area (Å²) in [5.74, 6) is 0.995. The molecule has 6 atom stereocenters. The molecule has 17 nitrogen and oxygen atoms in total. The molecule has 0 aromatic heterocycles. The van der Waals surface area contributed by atoms with Gasteiger partial charge in [-0.3, -0.25) is 37.3 Å². The second-order valence-corrected chi connectivity index (χ2v) is 34.4. The number of hydrogen-bond acceptors (Lipinski definition) is 15. The molecule has 0 rings (SSSR count). The second kappa shape index (κ2) is 72.0. The fourth-order valence-electron chi connectivity index (χ4n) is 12.8. The van der Waals surface area contributed by atoms with Crippen LogP contribution in [0.1, 0.15) is 428 Å². The number of phosphoric acid groups is 2. The summed E-state index contributed by atoms with van der Waals surface area (Å²) in [5, 5.41) is 10.6. The van der Waals surface area contributed by atoms with Crippen LogP contribution in [0.5, 0.6) is 0 Å². The third-order valence-corrected chi connectivity index (χ3v) is 21.6. The highest BCUT2D eigenvalue weighted by Crippen LogP contribution is 2.45. The van der Waals surface area contributed by atoms with E-state index in [-0.39, 0.29) is 25.7 Å². The zero-order chi connectivity index (χ0) is 75.3. The van der Waals surface area contributed by atoms with Crippen LogP contribution in [0.25, 0.3) is 0 Å². The summed E-state index contributed by atoms with van der Waals surface area (Å²) in [7, 11) is -9.92. The first-order valence-electron chi connectivity index (χ1n) is 42.7. The van der Waals surface area contributed by atoms with Gasteiger partial charge in [0, 0.05) is 25.7 Å². The number of ether oxygens (including phenoxy) is 4. The van der Waals surface area contributed by atoms with Gasteiger partial charge in [-0.1, -0.05) is 376 Å². The van der Waals surface area contributed by atoms with Gasteiger partial charge < -0.3 is 33.8 Å². The lowest BCUT2D eigenvalue weighted by Gasteiger charge is -2.21. The quantitative estimate of drug-likeness (QED) is 0.0222. The molecule has 19 heteroatoms. The molecule has 0 radical (unpaired) electrons. The highest BCUT2D eigenvalue weighted by atomic mass is 31.2. The largest absolute Gasteiger partial charge is 0.472 e. The van der Waals surface area contributed by atoms with E-state index in [9.17, 15) is 43.2 Å². The first-order chi connectivity index (χ1) is 49.1. The van der Waals surface area contributed by atoms with Crippen LogP contribution in [0, 0.1) is 23.7 Å². The number of esters is 4. The van der Waals surface area contributed by atoms with Crippen molar-refractivity contribution in [2.24, 2.45) is 23.7 Å². The lowest BCUT2D eigenvalue weighted by atomic mass is 9.99. The van der Waals surface area contributed by atoms with Crippen LogP contribution in [-0.2, 0) is 65.4 Å². The molecule has 0 bridgehead atoms. The number of carbonyl (C=O) groups is 4. The summed E-state index contributed by atoms with van der Waals surface area (Å²) in [4.78, 5) is 73.0. The molecule has 0 saturated heterocycles. The Morgan fingerprint density at radius 2 is 0.471 bits per heavy atom. The molecule has 0 aliphatic heterocycles. The molecule has 0 saturated carbocycles. The van der Waals surface area contributed by atoms with Crippen LogP contribution in [0.4, 0.5) is 0 Å². The smallest absolute Gasteiger partial charge is 0.462 e. The van der Waals surface area contributed by atoms with Crippen molar-refractivity contribution in [3.8, 4) is 0 Å². The maximum atomic E-state index is 13.1. The molecule has 0 aliphatic rings. The Labute approximate surface area is 626 Å². The van der Waals surface area contributed by atoms with Crippen molar-refractivity contribution in [3.05, 3.63) is 0 Å². The van der Waals surface area contributed by atoms with Gasteiger partial charge in [0.1, 0.15) is 19.3 Å². The average Bonchev–Trinajstić information content (AvgIpc) is 0.924. The van der Waals surface area contributed by atoms with Crippen molar-refractivity contribution in [3.63, 3.8) is 0 Å². The molecule has 0 aromatic carbocycles. The highest BCUT2D eigenvalue weighted by Gasteiger charge is 2.30. The van der Waals surface area contributed by atoms with Crippen molar-refractivity contribution >= 4 is 39.5 Å². The van der Waals surface area contributed by atoms with Crippen LogP contribution in [0.2, 0.25) is 0 Å². The Balaban J connectivity index is 5.22. The third-order valence-electron chi connectivity index (χ3n) is 19.7. The predicted molar refractivity (Wildman–Crippen MR) is 418 cm³/mol. The molecule has 0 spiro atoms. The molecule has 0 fully saturated rings. The Kier molecular flexibility index (Phi) is 70.6. The van der Waals surface area contributed by atoms with Crippen molar-refractivity contribution in [1.29, 1.82) is 0 Å². The summed E-state index contributed by atoms with van der Waals surface area (Å²) in [5.41, 5.74) is 0. The van der Waals surface area contributed by atoms with Gasteiger partial charge in [0.15, 0.2) is 12.2 Å². The van der Waals surface area contributed by atoms with Gasteiger partial charge in [0.2, 0.25) is 0 Å². The first-order valence-corrected chi connectivity index (χ1v) is 45.7. The van der Waals surface area contributed by atoms with Gasteiger partial charge in [-0.25, -0.2) is 9.13 Å². The first kappa shape index (κ1) is 100. The fourth-order valence-corrected chi connectivity index (χ4v) is 14.3. The lowest BCUT2D eigenvalue weighted by Crippen LogP contribution is -2.30. The number of hydrogen-bond donors (Lipinski definition) is 3. The molecule has 0 aliphatic carbocycles. The van der Waals surface area contributed by atoms with Gasteiger partial charge in [-0.05, 0) is 49.4 Å². The van der Waals surface area contributed by atoms with Crippen molar-refractivity contribution in [1.82, 2.24) is 0 Å². The summed E-state index contributed by atoms with van der Waals surface area (Å²) >= 11 is 0. The number of rotatable bonds is 80. The number of carbonyl (C=O) groups excluding carboxylic acids is 4. The normalized spacial score (nSPS) is 14.3. The molecular formula is C83H162O17P2. The van der Waals surface area contributed by atoms with Crippen molar-refractivity contribution in [2.75, 3.05) is 39.6 Å². The zero-order valence-corrected chi connectivity index (χ0v) is 69.0. The van der Waals surface area contributed by atoms with Gasteiger partial charge in [0.05, 0.1) is 26.4 Å². The van der Waals surface area contributed by atoms with Crippen LogP contribution >= 0.6 is 15.6 Å². The number of unbranched alkanes of at least 4 members (excludes halogenated alkanes) is 45. The topological polar surface area (TPSA) is 237 Å². The van der Waals surface area contributed by atoms with E-state index in [4.69, 9.17) is 37.0 Å². The molecule has 606 valence electrons. The summed E-state index contributed by atoms with van der Waals surface area (Å²) in [6.45, 7) is 14.3. The second-order valence-electron chi connectivity index (χ2n) is 31.5. The van der Waals surface area contributed by atoms with E-state index in [1.807, 2.05) is 0 Å². The fraction of sp³-hybridized carbons (Fsp3) is 0.952. The summed E-state index contributed by atoms with van der Waals surface area (Å²) in [6, 6.07) is 0. The Morgan fingerprint density at radius 1 is 0.275 bits per heavy atom. The zero-order valence-electron chi connectivity index (χ0n) is 67.2. The minimum Gasteiger partial charge on any atom is -0.462 e. The molecule has 0 heterocycles. The van der Waals surface area contributed by atoms with Crippen molar-refractivity contribution in [2.45, 2.75) is 446 Å². The third kappa shape index (κ3) is 74.9. The lowest BCUT2D eigenvalue weighted by molar-refractivity contribution is -0.161. The van der Waals surface area contributed by atoms with Crippen LogP contribution in [-0.4, -0.2) is 96.7 Å². The van der Waals surface area contributed by atoms with Gasteiger partial charge in [0.25, 0.3) is 0 Å². The Morgan fingerprint density at radius 3 is 0.696 bits per heavy atom. The highest BCUT2D eigenvalue weighted by molar-refractivity contribution is 7.47. The molecule has 0 aromatic rings. The van der Waals surface area contributed by atoms with E-state index >= 15 is 0 Å². The Bertz CT molecular complexity index is 1990. The molecule has 0 amide bonds. The van der Waals surface area contributed by atoms with Crippen molar-refractivity contribution < 1.29 is 80.2 Å². The van der Waals surface area contributed by atoms with Gasteiger partial charge in [-0.2, -0.15) is 0 Å². The number of aliphatic hydroxyl groups excluding tert-OH is 1. The van der Waals surface area contributed by atoms with E-state index in [1.165, 1.54) is 225 Å². The number of aliphatic hydroxyl groups is 1. The maximum absolute atomic E-state index is 13.1. The molecule has 3 unspecified atom stereocenters. The van der Waals surface area contributed by atoms with Gasteiger partial charge in [-0.15, -0.1) is 0 Å². The maximum Gasteiger partial charge on any atom is 0.472 e. The minimum absolute atomic E-state index is 0.105. The SMILES string of the molecule is CCC(C)CCCCCCCCCCCCC(=O)O[C@H](COC(=O)CCCCCCCCC(C)C)COP(=O)(O)OC[C@H](O)COP(=O)(O)OC[C@@H](COC(=O)CCCCCCCCCCCCCCCCCC(C)C)OC(=O)CCCCCCCCCCCCCCCCCCCCC(C)C. The van der Waals surface area contributed by atoms with E-state index in [2.05, 4.69) is 55.4 Å². The van der Waals surface area contributed by atoms with E-state index < -0.39 is 97.5 Å².